The number of hydrogen-bond acceptors (Lipinski definition) is 4. The highest BCUT2D eigenvalue weighted by Crippen LogP contribution is 2.17. The van der Waals surface area contributed by atoms with Crippen molar-refractivity contribution in [3.63, 3.8) is 0 Å². The molecule has 0 fully saturated rings. The number of Topliss-reactive ketones (excluding diaryl/α,β-unsaturated/α-hetero) is 1. The summed E-state index contributed by atoms with van der Waals surface area (Å²) in [5.41, 5.74) is 0.523. The SMILES string of the molecule is C=CCOC(=O)N1CC(C(C)=O)=CC1CO. The summed E-state index contributed by atoms with van der Waals surface area (Å²) in [6.07, 6.45) is 2.50. The van der Waals surface area contributed by atoms with Gasteiger partial charge in [0, 0.05) is 5.57 Å². The van der Waals surface area contributed by atoms with Crippen molar-refractivity contribution in [1.82, 2.24) is 4.90 Å². The Labute approximate surface area is 94.0 Å². The molecule has 0 radical (unpaired) electrons. The molecule has 1 aliphatic rings. The van der Waals surface area contributed by atoms with Gasteiger partial charge in [0.05, 0.1) is 19.2 Å². The first-order chi connectivity index (χ1) is 7.60. The van der Waals surface area contributed by atoms with Crippen molar-refractivity contribution >= 4 is 11.9 Å². The molecule has 16 heavy (non-hydrogen) atoms. The Morgan fingerprint density at radius 3 is 2.94 bits per heavy atom. The van der Waals surface area contributed by atoms with Crippen LogP contribution in [0.25, 0.3) is 0 Å². The van der Waals surface area contributed by atoms with Gasteiger partial charge >= 0.3 is 6.09 Å². The van der Waals surface area contributed by atoms with Gasteiger partial charge in [-0.15, -0.1) is 0 Å². The van der Waals surface area contributed by atoms with Gasteiger partial charge in [-0.2, -0.15) is 0 Å². The quantitative estimate of drug-likeness (QED) is 0.707. The molecule has 0 saturated carbocycles. The zero-order valence-electron chi connectivity index (χ0n) is 9.18. The molecule has 0 saturated heterocycles. The van der Waals surface area contributed by atoms with Gasteiger partial charge in [0.1, 0.15) is 6.61 Å². The van der Waals surface area contributed by atoms with E-state index in [9.17, 15) is 9.59 Å². The molecule has 5 nitrogen and oxygen atoms in total. The Bertz CT molecular complexity index is 335. The highest BCUT2D eigenvalue weighted by molar-refractivity contribution is 5.95. The van der Waals surface area contributed by atoms with Crippen molar-refractivity contribution in [2.75, 3.05) is 19.8 Å². The molecule has 1 N–H and O–H groups in total. The second-order valence-corrected chi connectivity index (χ2v) is 3.49. The van der Waals surface area contributed by atoms with E-state index in [0.29, 0.717) is 5.57 Å². The Hall–Kier alpha value is -1.62. The van der Waals surface area contributed by atoms with Crippen LogP contribution >= 0.6 is 0 Å². The number of aliphatic hydroxyl groups excluding tert-OH is 1. The second kappa shape index (κ2) is 5.46. The summed E-state index contributed by atoms with van der Waals surface area (Å²) >= 11 is 0. The van der Waals surface area contributed by atoms with Gasteiger partial charge in [0.2, 0.25) is 0 Å². The van der Waals surface area contributed by atoms with Crippen molar-refractivity contribution in [2.24, 2.45) is 0 Å². The highest BCUT2D eigenvalue weighted by Gasteiger charge is 2.30. The number of carbonyl (C=O) groups excluding carboxylic acids is 2. The summed E-state index contributed by atoms with van der Waals surface area (Å²) in [6.45, 7) is 4.94. The predicted molar refractivity (Wildman–Crippen MR) is 57.9 cm³/mol. The second-order valence-electron chi connectivity index (χ2n) is 3.49. The maximum absolute atomic E-state index is 11.5. The molecule has 0 aromatic rings. The average Bonchev–Trinajstić information content (AvgIpc) is 2.69. The third-order valence-corrected chi connectivity index (χ3v) is 2.33. The third-order valence-electron chi connectivity index (χ3n) is 2.33. The van der Waals surface area contributed by atoms with Gasteiger partial charge in [0.25, 0.3) is 0 Å². The fourth-order valence-electron chi connectivity index (χ4n) is 1.47. The van der Waals surface area contributed by atoms with Gasteiger partial charge in [0.15, 0.2) is 5.78 Å². The normalized spacial score (nSPS) is 19.2. The Morgan fingerprint density at radius 2 is 2.44 bits per heavy atom. The van der Waals surface area contributed by atoms with Crippen molar-refractivity contribution in [3.8, 4) is 0 Å². The number of carbonyl (C=O) groups is 2. The summed E-state index contributed by atoms with van der Waals surface area (Å²) in [5, 5.41) is 9.08. The van der Waals surface area contributed by atoms with Crippen molar-refractivity contribution < 1.29 is 19.4 Å². The van der Waals surface area contributed by atoms with Crippen LogP contribution in [0, 0.1) is 0 Å². The molecule has 1 atom stereocenters. The molecule has 88 valence electrons. The van der Waals surface area contributed by atoms with Gasteiger partial charge in [-0.05, 0) is 6.92 Å². The first-order valence-corrected chi connectivity index (χ1v) is 4.97. The minimum Gasteiger partial charge on any atom is -0.445 e. The standard InChI is InChI=1S/C11H15NO4/c1-3-4-16-11(15)12-6-9(8(2)14)5-10(12)7-13/h3,5,10,13H,1,4,6-7H2,2H3. The molecule has 1 amide bonds. The molecular weight excluding hydrogens is 210 g/mol. The van der Waals surface area contributed by atoms with E-state index >= 15 is 0 Å². The van der Waals surface area contributed by atoms with E-state index in [-0.39, 0.29) is 25.5 Å². The van der Waals surface area contributed by atoms with Gasteiger partial charge < -0.3 is 9.84 Å². The zero-order valence-corrected chi connectivity index (χ0v) is 9.18. The van der Waals surface area contributed by atoms with Crippen LogP contribution in [-0.2, 0) is 9.53 Å². The number of ketones is 1. The van der Waals surface area contributed by atoms with Crippen LogP contribution in [0.1, 0.15) is 6.92 Å². The number of rotatable bonds is 4. The Kier molecular flexibility index (Phi) is 4.25. The topological polar surface area (TPSA) is 66.8 Å². The molecule has 1 unspecified atom stereocenters. The van der Waals surface area contributed by atoms with E-state index in [0.717, 1.165) is 0 Å². The van der Waals surface area contributed by atoms with E-state index in [4.69, 9.17) is 9.84 Å². The summed E-state index contributed by atoms with van der Waals surface area (Å²) < 4.78 is 4.85. The van der Waals surface area contributed by atoms with Crippen molar-refractivity contribution in [1.29, 1.82) is 0 Å². The van der Waals surface area contributed by atoms with Crippen molar-refractivity contribution in [3.05, 3.63) is 24.3 Å². The summed E-state index contributed by atoms with van der Waals surface area (Å²) in [6, 6.07) is -0.476. The lowest BCUT2D eigenvalue weighted by molar-refractivity contribution is -0.113. The number of amides is 1. The average molecular weight is 225 g/mol. The monoisotopic (exact) mass is 225 g/mol. The lowest BCUT2D eigenvalue weighted by Crippen LogP contribution is -2.39. The molecular formula is C11H15NO4. The van der Waals surface area contributed by atoms with E-state index in [2.05, 4.69) is 6.58 Å². The van der Waals surface area contributed by atoms with Crippen LogP contribution in [0.15, 0.2) is 24.3 Å². The van der Waals surface area contributed by atoms with Gasteiger partial charge in [-0.3, -0.25) is 9.69 Å². The summed E-state index contributed by atoms with van der Waals surface area (Å²) in [5.74, 6) is -0.0996. The van der Waals surface area contributed by atoms with E-state index < -0.39 is 12.1 Å². The van der Waals surface area contributed by atoms with Crippen LogP contribution in [0.4, 0.5) is 4.79 Å². The van der Waals surface area contributed by atoms with Crippen molar-refractivity contribution in [2.45, 2.75) is 13.0 Å². The number of aliphatic hydroxyl groups is 1. The molecule has 1 heterocycles. The molecule has 5 heteroatoms. The van der Waals surface area contributed by atoms with Crippen LogP contribution in [-0.4, -0.2) is 47.7 Å². The zero-order chi connectivity index (χ0) is 12.1. The minimum absolute atomic E-state index is 0.0996. The lowest BCUT2D eigenvalue weighted by Gasteiger charge is -2.21. The Morgan fingerprint density at radius 1 is 1.75 bits per heavy atom. The number of ether oxygens (including phenoxy) is 1. The first-order valence-electron chi connectivity index (χ1n) is 4.97. The molecule has 1 rings (SSSR count). The number of hydrogen-bond donors (Lipinski definition) is 1. The van der Waals surface area contributed by atoms with Gasteiger partial charge in [-0.25, -0.2) is 4.79 Å². The van der Waals surface area contributed by atoms with E-state index in [1.165, 1.54) is 17.9 Å². The smallest absolute Gasteiger partial charge is 0.410 e. The Balaban J connectivity index is 2.66. The highest BCUT2D eigenvalue weighted by atomic mass is 16.6. The third kappa shape index (κ3) is 2.70. The molecule has 0 aromatic carbocycles. The van der Waals surface area contributed by atoms with Gasteiger partial charge in [-0.1, -0.05) is 18.7 Å². The van der Waals surface area contributed by atoms with E-state index in [1.807, 2.05) is 0 Å². The van der Waals surface area contributed by atoms with Crippen LogP contribution in [0.2, 0.25) is 0 Å². The minimum atomic E-state index is -0.550. The molecule has 1 aliphatic heterocycles. The molecule has 0 aromatic heterocycles. The maximum atomic E-state index is 11.5. The largest absolute Gasteiger partial charge is 0.445 e. The van der Waals surface area contributed by atoms with Crippen LogP contribution in [0.5, 0.6) is 0 Å². The summed E-state index contributed by atoms with van der Waals surface area (Å²) in [4.78, 5) is 24.0. The lowest BCUT2D eigenvalue weighted by atomic mass is 10.2. The van der Waals surface area contributed by atoms with Crippen LogP contribution < -0.4 is 0 Å². The molecule has 0 aliphatic carbocycles. The molecule has 0 spiro atoms. The fraction of sp³-hybridized carbons (Fsp3) is 0.455. The summed E-state index contributed by atoms with van der Waals surface area (Å²) in [7, 11) is 0. The molecule has 0 bridgehead atoms. The predicted octanol–water partition coefficient (Wildman–Crippen LogP) is 0.501. The van der Waals surface area contributed by atoms with E-state index in [1.54, 1.807) is 6.08 Å². The fourth-order valence-corrected chi connectivity index (χ4v) is 1.47. The first kappa shape index (κ1) is 12.4. The maximum Gasteiger partial charge on any atom is 0.410 e. The van der Waals surface area contributed by atoms with Crippen LogP contribution in [0.3, 0.4) is 0 Å². The number of nitrogens with zero attached hydrogens (tertiary/aromatic N) is 1.